The van der Waals surface area contributed by atoms with Gasteiger partial charge in [-0.2, -0.15) is 0 Å². The molecule has 2 N–H and O–H groups in total. The molecule has 1 aliphatic heterocycles. The van der Waals surface area contributed by atoms with E-state index < -0.39 is 24.1 Å². The number of hydrogen-bond donors (Lipinski definition) is 2. The number of rotatable bonds is 7. The molecule has 2 aliphatic rings. The first-order valence-electron chi connectivity index (χ1n) is 11.8. The molecular formula is C26H31N3O5. The van der Waals surface area contributed by atoms with E-state index in [2.05, 4.69) is 29.6 Å². The maximum Gasteiger partial charge on any atom is 0.407 e. The van der Waals surface area contributed by atoms with Crippen molar-refractivity contribution in [3.63, 3.8) is 0 Å². The van der Waals surface area contributed by atoms with Gasteiger partial charge < -0.3 is 20.1 Å². The van der Waals surface area contributed by atoms with Crippen LogP contribution in [0.5, 0.6) is 0 Å². The minimum absolute atomic E-state index is 0.0433. The Morgan fingerprint density at radius 1 is 1.00 bits per heavy atom. The molecule has 2 amide bonds. The first-order chi connectivity index (χ1) is 16.4. The van der Waals surface area contributed by atoms with Gasteiger partial charge in [0.25, 0.3) is 0 Å². The molecule has 1 fully saturated rings. The van der Waals surface area contributed by atoms with Gasteiger partial charge in [0, 0.05) is 32.1 Å². The average Bonchev–Trinajstić information content (AvgIpc) is 3.19. The SMILES string of the molecule is CC[C@H](NC(=O)OCC1c2ccccc2-c2ccccc21)C(=O)N1CCN(C(C)C(=O)O)CC1. The van der Waals surface area contributed by atoms with E-state index in [4.69, 9.17) is 4.74 Å². The van der Waals surface area contributed by atoms with Gasteiger partial charge in [0.05, 0.1) is 0 Å². The number of aliphatic carboxylic acids is 1. The van der Waals surface area contributed by atoms with E-state index in [1.165, 1.54) is 0 Å². The molecule has 0 aromatic heterocycles. The Kier molecular flexibility index (Phi) is 7.17. The highest BCUT2D eigenvalue weighted by Crippen LogP contribution is 2.44. The summed E-state index contributed by atoms with van der Waals surface area (Å²) in [6.45, 7) is 5.51. The van der Waals surface area contributed by atoms with Crippen molar-refractivity contribution in [2.45, 2.75) is 38.3 Å². The summed E-state index contributed by atoms with van der Waals surface area (Å²) < 4.78 is 5.59. The van der Waals surface area contributed by atoms with Crippen molar-refractivity contribution in [1.29, 1.82) is 0 Å². The summed E-state index contributed by atoms with van der Waals surface area (Å²) in [7, 11) is 0. The van der Waals surface area contributed by atoms with Crippen molar-refractivity contribution >= 4 is 18.0 Å². The van der Waals surface area contributed by atoms with E-state index in [0.717, 1.165) is 22.3 Å². The Morgan fingerprint density at radius 2 is 1.56 bits per heavy atom. The molecule has 2 aromatic carbocycles. The van der Waals surface area contributed by atoms with Crippen LogP contribution >= 0.6 is 0 Å². The highest BCUT2D eigenvalue weighted by molar-refractivity contribution is 5.86. The second kappa shape index (κ2) is 10.3. The fourth-order valence-electron chi connectivity index (χ4n) is 4.83. The maximum absolute atomic E-state index is 13.0. The number of ether oxygens (including phenoxy) is 1. The number of alkyl carbamates (subject to hydrolysis) is 1. The number of nitrogens with one attached hydrogen (secondary N) is 1. The Balaban J connectivity index is 1.33. The number of hydrogen-bond acceptors (Lipinski definition) is 5. The van der Waals surface area contributed by atoms with Crippen LogP contribution in [0.2, 0.25) is 0 Å². The molecule has 8 nitrogen and oxygen atoms in total. The standard InChI is InChI=1S/C26H31N3O5/c1-3-23(24(30)29-14-12-28(13-15-29)17(2)25(31)32)27-26(33)34-16-22-20-10-6-4-8-18(20)19-9-5-7-11-21(19)22/h4-11,17,22-23H,3,12-16H2,1-2H3,(H,27,33)(H,31,32)/t17?,23-/m0/s1. The highest BCUT2D eigenvalue weighted by atomic mass is 16.5. The number of fused-ring (bicyclic) bond motifs is 3. The van der Waals surface area contributed by atoms with E-state index in [1.807, 2.05) is 36.1 Å². The summed E-state index contributed by atoms with van der Waals surface area (Å²) >= 11 is 0. The van der Waals surface area contributed by atoms with Gasteiger partial charge in [0.2, 0.25) is 5.91 Å². The number of carbonyl (C=O) groups is 3. The molecule has 8 heteroatoms. The van der Waals surface area contributed by atoms with Crippen LogP contribution < -0.4 is 5.32 Å². The monoisotopic (exact) mass is 465 g/mol. The molecule has 180 valence electrons. The van der Waals surface area contributed by atoms with Crippen molar-refractivity contribution in [1.82, 2.24) is 15.1 Å². The largest absolute Gasteiger partial charge is 0.480 e. The lowest BCUT2D eigenvalue weighted by molar-refractivity contribution is -0.144. The molecule has 1 heterocycles. The van der Waals surface area contributed by atoms with Crippen LogP contribution in [0.4, 0.5) is 4.79 Å². The van der Waals surface area contributed by atoms with E-state index >= 15 is 0 Å². The lowest BCUT2D eigenvalue weighted by atomic mass is 9.98. The minimum Gasteiger partial charge on any atom is -0.480 e. The lowest BCUT2D eigenvalue weighted by Gasteiger charge is -2.37. The zero-order valence-corrected chi connectivity index (χ0v) is 19.6. The van der Waals surface area contributed by atoms with Gasteiger partial charge in [0.15, 0.2) is 0 Å². The fraction of sp³-hybridized carbons (Fsp3) is 0.423. The molecule has 0 spiro atoms. The van der Waals surface area contributed by atoms with Gasteiger partial charge in [-0.15, -0.1) is 0 Å². The van der Waals surface area contributed by atoms with Crippen LogP contribution in [0.1, 0.15) is 37.3 Å². The Labute approximate surface area is 199 Å². The number of amides is 2. The zero-order valence-electron chi connectivity index (χ0n) is 19.6. The summed E-state index contributed by atoms with van der Waals surface area (Å²) in [6, 6.07) is 15.0. The Morgan fingerprint density at radius 3 is 2.09 bits per heavy atom. The minimum atomic E-state index is -0.872. The predicted molar refractivity (Wildman–Crippen MR) is 128 cm³/mol. The van der Waals surface area contributed by atoms with E-state index in [9.17, 15) is 19.5 Å². The summed E-state index contributed by atoms with van der Waals surface area (Å²) in [5.41, 5.74) is 4.58. The quantitative estimate of drug-likeness (QED) is 0.652. The van der Waals surface area contributed by atoms with Crippen LogP contribution in [-0.2, 0) is 14.3 Å². The molecule has 4 rings (SSSR count). The van der Waals surface area contributed by atoms with Gasteiger partial charge >= 0.3 is 12.1 Å². The number of benzene rings is 2. The fourth-order valence-corrected chi connectivity index (χ4v) is 4.83. The third-order valence-electron chi connectivity index (χ3n) is 6.87. The normalized spacial score (nSPS) is 17.4. The van der Waals surface area contributed by atoms with Crippen molar-refractivity contribution in [3.05, 3.63) is 59.7 Å². The summed E-state index contributed by atoms with van der Waals surface area (Å²) in [5.74, 6) is -1.08. The zero-order chi connectivity index (χ0) is 24.2. The number of nitrogens with zero attached hydrogens (tertiary/aromatic N) is 2. The van der Waals surface area contributed by atoms with Crippen LogP contribution in [-0.4, -0.2) is 77.7 Å². The van der Waals surface area contributed by atoms with Crippen molar-refractivity contribution < 1.29 is 24.2 Å². The molecule has 2 aromatic rings. The molecule has 0 saturated carbocycles. The smallest absolute Gasteiger partial charge is 0.407 e. The summed E-state index contributed by atoms with van der Waals surface area (Å²) in [4.78, 5) is 40.3. The van der Waals surface area contributed by atoms with Crippen LogP contribution in [0.3, 0.4) is 0 Å². The number of carboxylic acids is 1. The maximum atomic E-state index is 13.0. The van der Waals surface area contributed by atoms with Gasteiger partial charge in [-0.25, -0.2) is 4.79 Å². The third-order valence-corrected chi connectivity index (χ3v) is 6.87. The number of carbonyl (C=O) groups excluding carboxylic acids is 2. The lowest BCUT2D eigenvalue weighted by Crippen LogP contribution is -2.57. The third kappa shape index (κ3) is 4.77. The molecule has 1 saturated heterocycles. The van der Waals surface area contributed by atoms with E-state index in [-0.39, 0.29) is 18.4 Å². The second-order valence-corrected chi connectivity index (χ2v) is 8.81. The molecule has 2 atom stereocenters. The van der Waals surface area contributed by atoms with Gasteiger partial charge in [-0.1, -0.05) is 55.5 Å². The molecule has 1 unspecified atom stereocenters. The first-order valence-corrected chi connectivity index (χ1v) is 11.8. The van der Waals surface area contributed by atoms with Crippen molar-refractivity contribution in [2.75, 3.05) is 32.8 Å². The predicted octanol–water partition coefficient (Wildman–Crippen LogP) is 2.92. The van der Waals surface area contributed by atoms with E-state index in [0.29, 0.717) is 32.6 Å². The topological polar surface area (TPSA) is 99.2 Å². The highest BCUT2D eigenvalue weighted by Gasteiger charge is 2.32. The van der Waals surface area contributed by atoms with Gasteiger partial charge in [-0.05, 0) is 35.6 Å². The Bertz CT molecular complexity index is 1020. The summed E-state index contributed by atoms with van der Waals surface area (Å²) in [6.07, 6.45) is -0.172. The van der Waals surface area contributed by atoms with Crippen LogP contribution in [0, 0.1) is 0 Å². The average molecular weight is 466 g/mol. The van der Waals surface area contributed by atoms with Crippen molar-refractivity contribution in [2.24, 2.45) is 0 Å². The van der Waals surface area contributed by atoms with Crippen LogP contribution in [0.15, 0.2) is 48.5 Å². The molecule has 0 radical (unpaired) electrons. The van der Waals surface area contributed by atoms with Crippen molar-refractivity contribution in [3.8, 4) is 11.1 Å². The van der Waals surface area contributed by atoms with E-state index in [1.54, 1.807) is 11.8 Å². The van der Waals surface area contributed by atoms with Gasteiger partial charge in [0.1, 0.15) is 18.7 Å². The number of piperazine rings is 1. The molecular weight excluding hydrogens is 434 g/mol. The molecule has 34 heavy (non-hydrogen) atoms. The molecule has 0 bridgehead atoms. The van der Waals surface area contributed by atoms with Crippen LogP contribution in [0.25, 0.3) is 11.1 Å². The van der Waals surface area contributed by atoms with Gasteiger partial charge in [-0.3, -0.25) is 14.5 Å². The summed E-state index contributed by atoms with van der Waals surface area (Å²) in [5, 5.41) is 11.9. The Hall–Kier alpha value is -3.39. The first kappa shape index (κ1) is 23.8. The second-order valence-electron chi connectivity index (χ2n) is 8.81. The number of carboxylic acid groups (broad SMARTS) is 1. The molecule has 1 aliphatic carbocycles.